The molecule has 0 aromatic carbocycles. The van der Waals surface area contributed by atoms with Crippen LogP contribution in [0, 0.1) is 5.92 Å². The molecule has 0 unspecified atom stereocenters. The van der Waals surface area contributed by atoms with Crippen LogP contribution in [0.25, 0.3) is 0 Å². The zero-order chi connectivity index (χ0) is 17.1. The minimum Gasteiger partial charge on any atom is -0.370 e. The number of anilines is 1. The van der Waals surface area contributed by atoms with Gasteiger partial charge >= 0.3 is 0 Å². The van der Waals surface area contributed by atoms with Crippen molar-refractivity contribution >= 4 is 23.1 Å². The summed E-state index contributed by atoms with van der Waals surface area (Å²) in [5.41, 5.74) is 1.83. The molecule has 0 fully saturated rings. The van der Waals surface area contributed by atoms with Gasteiger partial charge in [0, 0.05) is 43.3 Å². The summed E-state index contributed by atoms with van der Waals surface area (Å²) in [6.07, 6.45) is 3.57. The van der Waals surface area contributed by atoms with E-state index in [1.54, 1.807) is 23.7 Å². The average Bonchev–Trinajstić information content (AvgIpc) is 3.29. The van der Waals surface area contributed by atoms with Gasteiger partial charge < -0.3 is 10.2 Å². The first kappa shape index (κ1) is 15.8. The third-order valence-corrected chi connectivity index (χ3v) is 5.04. The molecule has 1 N–H and O–H groups in total. The van der Waals surface area contributed by atoms with Crippen LogP contribution in [0.4, 0.5) is 5.82 Å². The highest BCUT2D eigenvalue weighted by Gasteiger charge is 2.26. The predicted molar refractivity (Wildman–Crippen MR) is 97.5 cm³/mol. The first-order valence-electron chi connectivity index (χ1n) is 8.26. The van der Waals surface area contributed by atoms with Gasteiger partial charge in [0.05, 0.1) is 17.8 Å². The Hall–Kier alpha value is -2.67. The number of amides is 1. The summed E-state index contributed by atoms with van der Waals surface area (Å²) in [7, 11) is 0. The van der Waals surface area contributed by atoms with E-state index in [-0.39, 0.29) is 11.8 Å². The maximum absolute atomic E-state index is 12.8. The Labute approximate surface area is 150 Å². The molecular formula is C18H19N5OS. The number of fused-ring (bicyclic) bond motifs is 1. The number of hydrogen-bond donors (Lipinski definition) is 1. The third kappa shape index (κ3) is 3.56. The van der Waals surface area contributed by atoms with Crippen molar-refractivity contribution in [3.8, 4) is 0 Å². The smallest absolute Gasteiger partial charge is 0.255 e. The Morgan fingerprint density at radius 1 is 1.24 bits per heavy atom. The van der Waals surface area contributed by atoms with Gasteiger partial charge in [0.25, 0.3) is 5.91 Å². The van der Waals surface area contributed by atoms with Gasteiger partial charge in [-0.1, -0.05) is 6.07 Å². The Bertz CT molecular complexity index is 830. The zero-order valence-electron chi connectivity index (χ0n) is 13.7. The van der Waals surface area contributed by atoms with Crippen LogP contribution in [0.2, 0.25) is 0 Å². The summed E-state index contributed by atoms with van der Waals surface area (Å²) < 4.78 is 2.01. The van der Waals surface area contributed by atoms with Gasteiger partial charge in [-0.15, -0.1) is 0 Å². The van der Waals surface area contributed by atoms with Gasteiger partial charge in [-0.05, 0) is 29.6 Å². The van der Waals surface area contributed by atoms with E-state index < -0.39 is 0 Å². The number of pyridine rings is 1. The largest absolute Gasteiger partial charge is 0.370 e. The van der Waals surface area contributed by atoms with Crippen molar-refractivity contribution in [1.29, 1.82) is 0 Å². The average molecular weight is 353 g/mol. The maximum Gasteiger partial charge on any atom is 0.255 e. The van der Waals surface area contributed by atoms with Crippen molar-refractivity contribution < 1.29 is 4.79 Å². The van der Waals surface area contributed by atoms with Gasteiger partial charge in [-0.25, -0.2) is 4.98 Å². The second-order valence-corrected chi connectivity index (χ2v) is 6.94. The SMILES string of the molecule is O=C(c1ccsc1)N1Cc2ccnn2C[C@H](CNc2ccccn2)C1. The van der Waals surface area contributed by atoms with Gasteiger partial charge in [-0.2, -0.15) is 16.4 Å². The van der Waals surface area contributed by atoms with E-state index >= 15 is 0 Å². The van der Waals surface area contributed by atoms with E-state index in [9.17, 15) is 4.79 Å². The molecule has 1 aliphatic rings. The molecule has 0 saturated carbocycles. The molecule has 0 aliphatic carbocycles. The van der Waals surface area contributed by atoms with Crippen LogP contribution in [0.1, 0.15) is 16.1 Å². The summed E-state index contributed by atoms with van der Waals surface area (Å²) in [5, 5.41) is 11.6. The second kappa shape index (κ2) is 7.06. The van der Waals surface area contributed by atoms with E-state index in [0.29, 0.717) is 13.1 Å². The Balaban J connectivity index is 1.52. The Morgan fingerprint density at radius 3 is 3.00 bits per heavy atom. The fourth-order valence-electron chi connectivity index (χ4n) is 3.10. The zero-order valence-corrected chi connectivity index (χ0v) is 14.5. The van der Waals surface area contributed by atoms with Crippen molar-refractivity contribution in [2.45, 2.75) is 13.1 Å². The third-order valence-electron chi connectivity index (χ3n) is 4.36. The normalized spacial score (nSPS) is 17.0. The highest BCUT2D eigenvalue weighted by Crippen LogP contribution is 2.19. The molecule has 1 aliphatic heterocycles. The molecule has 1 atom stereocenters. The summed E-state index contributed by atoms with van der Waals surface area (Å²) in [6.45, 7) is 2.81. The highest BCUT2D eigenvalue weighted by molar-refractivity contribution is 7.08. The summed E-state index contributed by atoms with van der Waals surface area (Å²) in [4.78, 5) is 19.1. The molecule has 4 heterocycles. The second-order valence-electron chi connectivity index (χ2n) is 6.16. The fourth-order valence-corrected chi connectivity index (χ4v) is 3.73. The van der Waals surface area contributed by atoms with Crippen molar-refractivity contribution in [2.75, 3.05) is 18.4 Å². The van der Waals surface area contributed by atoms with E-state index in [4.69, 9.17) is 0 Å². The predicted octanol–water partition coefficient (Wildman–Crippen LogP) is 2.72. The molecule has 0 bridgehead atoms. The first-order valence-corrected chi connectivity index (χ1v) is 9.21. The minimum atomic E-state index is 0.0822. The highest BCUT2D eigenvalue weighted by atomic mass is 32.1. The molecule has 6 nitrogen and oxygen atoms in total. The standard InChI is InChI=1S/C18H19N5OS/c24-18(15-5-8-25-13-15)22-10-14(9-20-17-3-1-2-6-19-17)11-23-16(12-22)4-7-21-23/h1-8,13-14H,9-12H2,(H,19,20)/t14-/m1/s1. The lowest BCUT2D eigenvalue weighted by Crippen LogP contribution is -2.36. The fraction of sp³-hybridized carbons (Fsp3) is 0.278. The Kier molecular flexibility index (Phi) is 4.47. The molecule has 1 amide bonds. The molecule has 128 valence electrons. The lowest BCUT2D eigenvalue weighted by Gasteiger charge is -2.24. The lowest BCUT2D eigenvalue weighted by atomic mass is 10.1. The number of hydrogen-bond acceptors (Lipinski definition) is 5. The summed E-state index contributed by atoms with van der Waals surface area (Å²) in [6, 6.07) is 9.68. The molecule has 3 aromatic rings. The number of rotatable bonds is 4. The van der Waals surface area contributed by atoms with E-state index in [1.807, 2.05) is 50.7 Å². The molecule has 7 heteroatoms. The van der Waals surface area contributed by atoms with Crippen molar-refractivity contribution in [3.63, 3.8) is 0 Å². The molecule has 4 rings (SSSR count). The van der Waals surface area contributed by atoms with Crippen molar-refractivity contribution in [2.24, 2.45) is 5.92 Å². The monoisotopic (exact) mass is 353 g/mol. The minimum absolute atomic E-state index is 0.0822. The van der Waals surface area contributed by atoms with Crippen molar-refractivity contribution in [3.05, 3.63) is 64.7 Å². The molecule has 25 heavy (non-hydrogen) atoms. The van der Waals surface area contributed by atoms with Crippen molar-refractivity contribution in [1.82, 2.24) is 19.7 Å². The summed E-state index contributed by atoms with van der Waals surface area (Å²) in [5.74, 6) is 1.19. The van der Waals surface area contributed by atoms with Crippen LogP contribution in [-0.2, 0) is 13.1 Å². The van der Waals surface area contributed by atoms with Gasteiger partial charge in [0.2, 0.25) is 0 Å². The molecule has 0 spiro atoms. The van der Waals surface area contributed by atoms with E-state index in [2.05, 4.69) is 15.4 Å². The van der Waals surface area contributed by atoms with E-state index in [0.717, 1.165) is 30.2 Å². The van der Waals surface area contributed by atoms with Crippen LogP contribution in [0.15, 0.2) is 53.5 Å². The molecule has 0 radical (unpaired) electrons. The maximum atomic E-state index is 12.8. The van der Waals surface area contributed by atoms with E-state index in [1.165, 1.54) is 0 Å². The number of thiophene rings is 1. The summed E-state index contributed by atoms with van der Waals surface area (Å²) >= 11 is 1.55. The first-order chi connectivity index (χ1) is 12.3. The van der Waals surface area contributed by atoms with Crippen LogP contribution >= 0.6 is 11.3 Å². The van der Waals surface area contributed by atoms with Gasteiger partial charge in [0.15, 0.2) is 0 Å². The Morgan fingerprint density at radius 2 is 2.20 bits per heavy atom. The number of nitrogens with one attached hydrogen (secondary N) is 1. The number of carbonyl (C=O) groups is 1. The van der Waals surface area contributed by atoms with Crippen LogP contribution in [-0.4, -0.2) is 38.7 Å². The molecular weight excluding hydrogens is 334 g/mol. The quantitative estimate of drug-likeness (QED) is 0.783. The molecule has 0 saturated heterocycles. The van der Waals surface area contributed by atoms with Gasteiger partial charge in [-0.3, -0.25) is 9.48 Å². The molecule has 3 aromatic heterocycles. The number of aromatic nitrogens is 3. The van der Waals surface area contributed by atoms with Gasteiger partial charge in [0.1, 0.15) is 5.82 Å². The van der Waals surface area contributed by atoms with Crippen LogP contribution in [0.3, 0.4) is 0 Å². The topological polar surface area (TPSA) is 63.1 Å². The lowest BCUT2D eigenvalue weighted by molar-refractivity contribution is 0.0725. The number of carbonyl (C=O) groups excluding carboxylic acids is 1. The number of nitrogens with zero attached hydrogens (tertiary/aromatic N) is 4. The van der Waals surface area contributed by atoms with Crippen LogP contribution < -0.4 is 5.32 Å². The van der Waals surface area contributed by atoms with Crippen LogP contribution in [0.5, 0.6) is 0 Å².